The standard InChI is InChI=1S/C14H30N2/c1-5-6-7-15-8-9-16-11-12(2)10-13(3)14(16)4/h12-15H,5-11H2,1-4H3. The summed E-state index contributed by atoms with van der Waals surface area (Å²) >= 11 is 0. The molecular weight excluding hydrogens is 196 g/mol. The van der Waals surface area contributed by atoms with Crippen LogP contribution in [0.1, 0.15) is 47.0 Å². The molecule has 1 fully saturated rings. The smallest absolute Gasteiger partial charge is 0.0110 e. The number of nitrogens with one attached hydrogen (secondary N) is 1. The molecule has 0 saturated carbocycles. The molecule has 2 nitrogen and oxygen atoms in total. The van der Waals surface area contributed by atoms with Crippen molar-refractivity contribution in [1.29, 1.82) is 0 Å². The molecule has 3 unspecified atom stereocenters. The molecule has 0 bridgehead atoms. The number of piperidine rings is 1. The van der Waals surface area contributed by atoms with Crippen molar-refractivity contribution in [3.05, 3.63) is 0 Å². The number of likely N-dealkylation sites (tertiary alicyclic amines) is 1. The molecule has 0 aromatic heterocycles. The number of rotatable bonds is 6. The second-order valence-electron chi connectivity index (χ2n) is 5.66. The average molecular weight is 226 g/mol. The third-order valence-corrected chi connectivity index (χ3v) is 4.00. The van der Waals surface area contributed by atoms with Gasteiger partial charge in [-0.15, -0.1) is 0 Å². The van der Waals surface area contributed by atoms with Crippen LogP contribution in [0.5, 0.6) is 0 Å². The van der Waals surface area contributed by atoms with Gasteiger partial charge in [0, 0.05) is 25.7 Å². The Kier molecular flexibility index (Phi) is 6.37. The van der Waals surface area contributed by atoms with Crippen molar-refractivity contribution in [2.24, 2.45) is 11.8 Å². The Morgan fingerprint density at radius 1 is 1.19 bits per heavy atom. The Hall–Kier alpha value is -0.0800. The van der Waals surface area contributed by atoms with E-state index in [2.05, 4.69) is 37.9 Å². The summed E-state index contributed by atoms with van der Waals surface area (Å²) in [5.74, 6) is 1.74. The Balaban J connectivity index is 2.19. The maximum atomic E-state index is 3.54. The molecule has 1 N–H and O–H groups in total. The molecule has 0 aromatic rings. The van der Waals surface area contributed by atoms with Crippen molar-refractivity contribution in [3.8, 4) is 0 Å². The van der Waals surface area contributed by atoms with Crippen LogP contribution in [0.4, 0.5) is 0 Å². The van der Waals surface area contributed by atoms with Crippen LogP contribution in [0.25, 0.3) is 0 Å². The van der Waals surface area contributed by atoms with E-state index in [0.29, 0.717) is 0 Å². The Morgan fingerprint density at radius 3 is 2.62 bits per heavy atom. The molecule has 1 heterocycles. The molecule has 0 spiro atoms. The predicted molar refractivity (Wildman–Crippen MR) is 71.8 cm³/mol. The van der Waals surface area contributed by atoms with Crippen molar-refractivity contribution in [1.82, 2.24) is 10.2 Å². The first-order valence-electron chi connectivity index (χ1n) is 7.09. The van der Waals surface area contributed by atoms with E-state index in [1.165, 1.54) is 38.9 Å². The predicted octanol–water partition coefficient (Wildman–Crippen LogP) is 2.74. The van der Waals surface area contributed by atoms with E-state index in [-0.39, 0.29) is 0 Å². The lowest BCUT2D eigenvalue weighted by molar-refractivity contribution is 0.0808. The average Bonchev–Trinajstić information content (AvgIpc) is 2.24. The van der Waals surface area contributed by atoms with Crippen LogP contribution >= 0.6 is 0 Å². The van der Waals surface area contributed by atoms with Crippen molar-refractivity contribution >= 4 is 0 Å². The van der Waals surface area contributed by atoms with Crippen LogP contribution in [-0.4, -0.2) is 37.1 Å². The van der Waals surface area contributed by atoms with E-state index in [4.69, 9.17) is 0 Å². The van der Waals surface area contributed by atoms with Gasteiger partial charge in [-0.3, -0.25) is 4.90 Å². The van der Waals surface area contributed by atoms with Gasteiger partial charge in [-0.2, -0.15) is 0 Å². The van der Waals surface area contributed by atoms with E-state index < -0.39 is 0 Å². The summed E-state index contributed by atoms with van der Waals surface area (Å²) in [4.78, 5) is 2.66. The van der Waals surface area contributed by atoms with Gasteiger partial charge in [-0.05, 0) is 38.1 Å². The third kappa shape index (κ3) is 4.42. The van der Waals surface area contributed by atoms with Gasteiger partial charge in [0.2, 0.25) is 0 Å². The molecular formula is C14H30N2. The Bertz CT molecular complexity index is 182. The minimum Gasteiger partial charge on any atom is -0.315 e. The monoisotopic (exact) mass is 226 g/mol. The molecule has 1 aliphatic rings. The minimum absolute atomic E-state index is 0.768. The number of hydrogen-bond donors (Lipinski definition) is 1. The highest BCUT2D eigenvalue weighted by Gasteiger charge is 2.27. The second kappa shape index (κ2) is 7.29. The van der Waals surface area contributed by atoms with Crippen LogP contribution < -0.4 is 5.32 Å². The lowest BCUT2D eigenvalue weighted by atomic mass is 9.86. The summed E-state index contributed by atoms with van der Waals surface area (Å²) in [7, 11) is 0. The fourth-order valence-electron chi connectivity index (χ4n) is 2.78. The topological polar surface area (TPSA) is 15.3 Å². The summed E-state index contributed by atoms with van der Waals surface area (Å²) in [6, 6.07) is 0.768. The first-order valence-corrected chi connectivity index (χ1v) is 7.09. The maximum absolute atomic E-state index is 3.54. The van der Waals surface area contributed by atoms with Crippen molar-refractivity contribution < 1.29 is 0 Å². The first-order chi connectivity index (χ1) is 7.65. The highest BCUT2D eigenvalue weighted by atomic mass is 15.2. The van der Waals surface area contributed by atoms with Gasteiger partial charge < -0.3 is 5.32 Å². The quantitative estimate of drug-likeness (QED) is 0.701. The molecule has 96 valence electrons. The Labute approximate surface area is 102 Å². The molecule has 1 saturated heterocycles. The summed E-state index contributed by atoms with van der Waals surface area (Å²) in [6.07, 6.45) is 4.00. The number of unbranched alkanes of at least 4 members (excludes halogenated alkanes) is 1. The normalized spacial score (nSPS) is 31.9. The van der Waals surface area contributed by atoms with Crippen molar-refractivity contribution in [3.63, 3.8) is 0 Å². The van der Waals surface area contributed by atoms with E-state index in [9.17, 15) is 0 Å². The second-order valence-corrected chi connectivity index (χ2v) is 5.66. The molecule has 3 atom stereocenters. The molecule has 1 aliphatic heterocycles. The van der Waals surface area contributed by atoms with E-state index in [0.717, 1.165) is 24.4 Å². The fraction of sp³-hybridized carbons (Fsp3) is 1.00. The maximum Gasteiger partial charge on any atom is 0.0110 e. The zero-order valence-corrected chi connectivity index (χ0v) is 11.6. The molecule has 16 heavy (non-hydrogen) atoms. The molecule has 2 heteroatoms. The van der Waals surface area contributed by atoms with Crippen molar-refractivity contribution in [2.75, 3.05) is 26.2 Å². The first kappa shape index (κ1) is 14.0. The highest BCUT2D eigenvalue weighted by Crippen LogP contribution is 2.26. The molecule has 0 aromatic carbocycles. The van der Waals surface area contributed by atoms with Gasteiger partial charge >= 0.3 is 0 Å². The van der Waals surface area contributed by atoms with Gasteiger partial charge in [0.1, 0.15) is 0 Å². The highest BCUT2D eigenvalue weighted by molar-refractivity contribution is 4.82. The molecule has 0 radical (unpaired) electrons. The largest absolute Gasteiger partial charge is 0.315 e. The van der Waals surface area contributed by atoms with Crippen LogP contribution in [0.2, 0.25) is 0 Å². The van der Waals surface area contributed by atoms with Gasteiger partial charge in [-0.1, -0.05) is 27.2 Å². The SMILES string of the molecule is CCCCNCCN1CC(C)CC(C)C1C. The number of nitrogens with zero attached hydrogens (tertiary/aromatic N) is 1. The lowest BCUT2D eigenvalue weighted by Crippen LogP contribution is -2.48. The molecule has 0 aliphatic carbocycles. The van der Waals surface area contributed by atoms with Crippen LogP contribution in [0.3, 0.4) is 0 Å². The summed E-state index contributed by atoms with van der Waals surface area (Å²) in [5.41, 5.74) is 0. The van der Waals surface area contributed by atoms with E-state index in [1.54, 1.807) is 0 Å². The fourth-order valence-corrected chi connectivity index (χ4v) is 2.78. The third-order valence-electron chi connectivity index (χ3n) is 4.00. The molecule has 1 rings (SSSR count). The zero-order valence-electron chi connectivity index (χ0n) is 11.6. The van der Waals surface area contributed by atoms with Crippen LogP contribution in [0, 0.1) is 11.8 Å². The summed E-state index contributed by atoms with van der Waals surface area (Å²) in [6.45, 7) is 14.3. The van der Waals surface area contributed by atoms with Gasteiger partial charge in [-0.25, -0.2) is 0 Å². The summed E-state index contributed by atoms with van der Waals surface area (Å²) < 4.78 is 0. The minimum atomic E-state index is 0.768. The summed E-state index contributed by atoms with van der Waals surface area (Å²) in [5, 5.41) is 3.54. The van der Waals surface area contributed by atoms with Gasteiger partial charge in [0.05, 0.1) is 0 Å². The van der Waals surface area contributed by atoms with E-state index in [1.807, 2.05) is 0 Å². The lowest BCUT2D eigenvalue weighted by Gasteiger charge is -2.41. The molecule has 0 amide bonds. The van der Waals surface area contributed by atoms with Crippen molar-refractivity contribution in [2.45, 2.75) is 53.0 Å². The van der Waals surface area contributed by atoms with E-state index >= 15 is 0 Å². The zero-order chi connectivity index (χ0) is 12.0. The van der Waals surface area contributed by atoms with Gasteiger partial charge in [0.25, 0.3) is 0 Å². The Morgan fingerprint density at radius 2 is 1.94 bits per heavy atom. The van der Waals surface area contributed by atoms with Gasteiger partial charge in [0.15, 0.2) is 0 Å². The van der Waals surface area contributed by atoms with Crippen LogP contribution in [0.15, 0.2) is 0 Å². The van der Waals surface area contributed by atoms with Crippen LogP contribution in [-0.2, 0) is 0 Å². The number of hydrogen-bond acceptors (Lipinski definition) is 2.